The van der Waals surface area contributed by atoms with Crippen LogP contribution in [0.4, 0.5) is 29.2 Å². The van der Waals surface area contributed by atoms with Crippen LogP contribution in [0.15, 0.2) is 47.8 Å². The largest absolute Gasteiger partial charge is 0.450 e. The molecule has 0 saturated heterocycles. The van der Waals surface area contributed by atoms with E-state index < -0.39 is 40.9 Å². The maximum absolute atomic E-state index is 14.4. The van der Waals surface area contributed by atoms with Gasteiger partial charge in [0.25, 0.3) is 5.56 Å². The maximum atomic E-state index is 14.4. The van der Waals surface area contributed by atoms with Crippen LogP contribution in [0, 0.1) is 17.1 Å². The average Bonchev–Trinajstić information content (AvgIpc) is 3.44. The van der Waals surface area contributed by atoms with Crippen LogP contribution >= 0.6 is 0 Å². The number of aryl methyl sites for hydroxylation is 1. The van der Waals surface area contributed by atoms with E-state index in [2.05, 4.69) is 20.4 Å². The van der Waals surface area contributed by atoms with Gasteiger partial charge in [-0.15, -0.1) is 0 Å². The molecule has 0 unspecified atom stereocenters. The van der Waals surface area contributed by atoms with Crippen molar-refractivity contribution >= 4 is 28.3 Å². The summed E-state index contributed by atoms with van der Waals surface area (Å²) in [6.45, 7) is 0. The van der Waals surface area contributed by atoms with Crippen molar-refractivity contribution in [2.24, 2.45) is 7.05 Å². The average molecular weight is 554 g/mol. The zero-order valence-corrected chi connectivity index (χ0v) is 20.5. The predicted molar refractivity (Wildman–Crippen MR) is 132 cm³/mol. The molecule has 0 aromatic carbocycles. The van der Waals surface area contributed by atoms with E-state index in [1.165, 1.54) is 46.9 Å². The Hall–Kier alpha value is -4.97. The molecule has 1 aliphatic rings. The number of rotatable bonds is 5. The van der Waals surface area contributed by atoms with Crippen molar-refractivity contribution in [3.63, 3.8) is 0 Å². The van der Waals surface area contributed by atoms with Crippen LogP contribution in [0.25, 0.3) is 16.7 Å². The molecule has 1 aliphatic carbocycles. The number of alkyl halides is 3. The maximum Gasteiger partial charge on any atom is 0.417 e. The molecule has 2 N–H and O–H groups in total. The molecule has 5 aromatic rings. The summed E-state index contributed by atoms with van der Waals surface area (Å²) in [4.78, 5) is 21.5. The minimum absolute atomic E-state index is 0.0295. The van der Waals surface area contributed by atoms with Crippen molar-refractivity contribution in [2.45, 2.75) is 31.2 Å². The van der Waals surface area contributed by atoms with Crippen LogP contribution in [0.5, 0.6) is 11.5 Å². The first kappa shape index (κ1) is 25.3. The monoisotopic (exact) mass is 554 g/mol. The molecule has 40 heavy (non-hydrogen) atoms. The van der Waals surface area contributed by atoms with Crippen LogP contribution < -0.4 is 15.6 Å². The molecule has 204 valence electrons. The predicted octanol–water partition coefficient (Wildman–Crippen LogP) is 4.04. The number of aliphatic hydroxyl groups excluding tert-OH is 1. The minimum atomic E-state index is -4.74. The van der Waals surface area contributed by atoms with E-state index >= 15 is 0 Å². The number of nitrogens with zero attached hydrogens (tertiary/aromatic N) is 7. The molecule has 0 aliphatic heterocycles. The summed E-state index contributed by atoms with van der Waals surface area (Å²) in [6.07, 6.45) is -0.371. The number of fused-ring (bicyclic) bond motifs is 2. The highest BCUT2D eigenvalue weighted by molar-refractivity contribution is 5.84. The molecule has 0 spiro atoms. The number of nitrogens with one attached hydrogen (secondary N) is 1. The highest BCUT2D eigenvalue weighted by Gasteiger charge is 2.36. The Morgan fingerprint density at radius 1 is 1.23 bits per heavy atom. The van der Waals surface area contributed by atoms with Crippen molar-refractivity contribution < 1.29 is 27.4 Å². The third-order valence-corrected chi connectivity index (χ3v) is 6.75. The number of pyridine rings is 3. The smallest absolute Gasteiger partial charge is 0.417 e. The number of halogens is 4. The van der Waals surface area contributed by atoms with Gasteiger partial charge >= 0.3 is 6.18 Å². The molecule has 1 saturated carbocycles. The molecule has 1 fully saturated rings. The van der Waals surface area contributed by atoms with Crippen molar-refractivity contribution in [2.75, 3.05) is 5.32 Å². The Balaban J connectivity index is 1.41. The minimum Gasteiger partial charge on any atom is -0.450 e. The van der Waals surface area contributed by atoms with Gasteiger partial charge < -0.3 is 24.3 Å². The quantitative estimate of drug-likeness (QED) is 0.311. The summed E-state index contributed by atoms with van der Waals surface area (Å²) in [5.41, 5.74) is -1.96. The number of aliphatic hydroxyl groups is 1. The molecule has 6 rings (SSSR count). The zero-order valence-electron chi connectivity index (χ0n) is 20.5. The third-order valence-electron chi connectivity index (χ3n) is 6.75. The number of ether oxygens (including phenoxy) is 1. The van der Waals surface area contributed by atoms with Gasteiger partial charge in [-0.25, -0.2) is 13.9 Å². The lowest BCUT2D eigenvalue weighted by molar-refractivity contribution is -0.138. The zero-order chi connectivity index (χ0) is 28.3. The van der Waals surface area contributed by atoms with E-state index in [9.17, 15) is 32.7 Å². The van der Waals surface area contributed by atoms with Gasteiger partial charge in [0, 0.05) is 25.5 Å². The lowest BCUT2D eigenvalue weighted by atomic mass is 9.89. The summed E-state index contributed by atoms with van der Waals surface area (Å²) in [5.74, 6) is -0.665. The first-order valence-electron chi connectivity index (χ1n) is 11.9. The van der Waals surface area contributed by atoms with E-state index in [4.69, 9.17) is 4.74 Å². The Morgan fingerprint density at radius 3 is 2.70 bits per heavy atom. The second kappa shape index (κ2) is 9.06. The molecule has 5 heterocycles. The molecule has 11 nitrogen and oxygen atoms in total. The summed E-state index contributed by atoms with van der Waals surface area (Å²) < 4.78 is 64.7. The van der Waals surface area contributed by atoms with Gasteiger partial charge in [-0.1, -0.05) is 0 Å². The van der Waals surface area contributed by atoms with Crippen LogP contribution in [0.1, 0.15) is 30.0 Å². The number of anilines is 2. The highest BCUT2D eigenvalue weighted by Crippen LogP contribution is 2.36. The van der Waals surface area contributed by atoms with E-state index in [1.807, 2.05) is 6.07 Å². The second-order valence-corrected chi connectivity index (χ2v) is 9.29. The fourth-order valence-corrected chi connectivity index (χ4v) is 4.64. The Morgan fingerprint density at radius 2 is 2.00 bits per heavy atom. The normalized spacial score (nSPS) is 17.1. The summed E-state index contributed by atoms with van der Waals surface area (Å²) in [6, 6.07) is 4.79. The van der Waals surface area contributed by atoms with Gasteiger partial charge in [-0.2, -0.15) is 28.5 Å². The Bertz CT molecular complexity index is 1900. The number of imidazole rings is 1. The molecule has 0 bridgehead atoms. The number of hydrogen-bond acceptors (Lipinski definition) is 8. The third kappa shape index (κ3) is 4.09. The standard InChI is InChI=1S/C25H18F4N8O3/c1-35-20-15(8-30)18(40-19-10-32-37-4-2-3-16(26)21(19)37)9-31-22(20)34-24(35)33-17-5-12(25(27,28)29)11-36(23(17)39)13-6-14(38)7-13/h2-5,9-11,13-14,38H,6-7H2,1H3,(H,31,33,34)/t13-,14+. The van der Waals surface area contributed by atoms with E-state index in [0.29, 0.717) is 6.07 Å². The number of aromatic nitrogens is 6. The van der Waals surface area contributed by atoms with Gasteiger partial charge in [0.15, 0.2) is 23.0 Å². The fourth-order valence-electron chi connectivity index (χ4n) is 4.64. The van der Waals surface area contributed by atoms with E-state index in [0.717, 1.165) is 10.8 Å². The van der Waals surface area contributed by atoms with Crippen LogP contribution in [-0.4, -0.2) is 39.9 Å². The highest BCUT2D eigenvalue weighted by atomic mass is 19.4. The van der Waals surface area contributed by atoms with Crippen LogP contribution in [-0.2, 0) is 13.2 Å². The Kier molecular flexibility index (Phi) is 5.73. The van der Waals surface area contributed by atoms with Crippen molar-refractivity contribution in [1.29, 1.82) is 5.26 Å². The molecule has 0 amide bonds. The second-order valence-electron chi connectivity index (χ2n) is 9.29. The van der Waals surface area contributed by atoms with Crippen molar-refractivity contribution in [1.82, 2.24) is 28.7 Å². The number of nitriles is 1. The first-order valence-corrected chi connectivity index (χ1v) is 11.9. The molecule has 15 heteroatoms. The van der Waals surface area contributed by atoms with Gasteiger partial charge in [-0.3, -0.25) is 4.79 Å². The van der Waals surface area contributed by atoms with Gasteiger partial charge in [0.2, 0.25) is 5.95 Å². The van der Waals surface area contributed by atoms with Gasteiger partial charge in [0.05, 0.1) is 24.1 Å². The lowest BCUT2D eigenvalue weighted by Crippen LogP contribution is -2.37. The van der Waals surface area contributed by atoms with E-state index in [1.54, 1.807) is 0 Å². The summed E-state index contributed by atoms with van der Waals surface area (Å²) >= 11 is 0. The summed E-state index contributed by atoms with van der Waals surface area (Å²) in [5, 5.41) is 26.2. The molecule has 0 radical (unpaired) electrons. The first-order chi connectivity index (χ1) is 19.0. The van der Waals surface area contributed by atoms with Crippen molar-refractivity contribution in [3.8, 4) is 17.6 Å². The molecular formula is C25H18F4N8O3. The SMILES string of the molecule is Cn1c(Nc2cc(C(F)(F)F)cn([C@H]3C[C@@H](O)C3)c2=O)nc2ncc(Oc3cnn4cccc(F)c34)c(C#N)c21. The van der Waals surface area contributed by atoms with Crippen LogP contribution in [0.2, 0.25) is 0 Å². The van der Waals surface area contributed by atoms with Crippen molar-refractivity contribution in [3.05, 3.63) is 70.3 Å². The molecular weight excluding hydrogens is 536 g/mol. The van der Waals surface area contributed by atoms with Crippen LogP contribution in [0.3, 0.4) is 0 Å². The fraction of sp³-hybridized carbons (Fsp3) is 0.240. The van der Waals surface area contributed by atoms with Gasteiger partial charge in [-0.05, 0) is 31.0 Å². The summed E-state index contributed by atoms with van der Waals surface area (Å²) in [7, 11) is 1.48. The molecule has 0 atom stereocenters. The number of hydrogen-bond donors (Lipinski definition) is 2. The Labute approximate surface area is 221 Å². The van der Waals surface area contributed by atoms with E-state index in [-0.39, 0.29) is 52.5 Å². The lowest BCUT2D eigenvalue weighted by Gasteiger charge is -2.33. The molecule has 5 aromatic heterocycles. The topological polar surface area (TPSA) is 135 Å². The van der Waals surface area contributed by atoms with Gasteiger partial charge in [0.1, 0.15) is 28.4 Å².